The highest BCUT2D eigenvalue weighted by Crippen LogP contribution is 2.57. The summed E-state index contributed by atoms with van der Waals surface area (Å²) in [5, 5.41) is 10.1. The van der Waals surface area contributed by atoms with E-state index in [9.17, 15) is 32.7 Å². The molecule has 0 radical (unpaired) electrons. The lowest BCUT2D eigenvalue weighted by atomic mass is 9.60. The van der Waals surface area contributed by atoms with E-state index in [2.05, 4.69) is 0 Å². The third-order valence-electron chi connectivity index (χ3n) is 8.07. The number of carbonyl (C=O) groups is 3. The van der Waals surface area contributed by atoms with E-state index in [1.165, 1.54) is 24.3 Å². The normalized spacial score (nSPS) is 22.9. The summed E-state index contributed by atoms with van der Waals surface area (Å²) >= 11 is 12.4. The Morgan fingerprint density at radius 3 is 2.38 bits per heavy atom. The largest absolute Gasteiger partial charge is 0.471 e. The van der Waals surface area contributed by atoms with Crippen LogP contribution in [-0.2, 0) is 19.7 Å². The van der Waals surface area contributed by atoms with Gasteiger partial charge in [0.1, 0.15) is 5.54 Å². The van der Waals surface area contributed by atoms with Gasteiger partial charge in [0.15, 0.2) is 6.29 Å². The second-order valence-electron chi connectivity index (χ2n) is 10.5. The maximum Gasteiger partial charge on any atom is 0.471 e. The first kappa shape index (κ1) is 30.1. The van der Waals surface area contributed by atoms with Crippen LogP contribution >= 0.6 is 23.2 Å². The maximum atomic E-state index is 14.0. The molecule has 2 aliphatic carbocycles. The van der Waals surface area contributed by atoms with E-state index in [1.54, 1.807) is 12.1 Å². The summed E-state index contributed by atoms with van der Waals surface area (Å²) in [5.41, 5.74) is -0.190. The molecule has 2 aromatic rings. The third-order valence-corrected chi connectivity index (χ3v) is 8.63. The fraction of sp³-hybridized carbons (Fsp3) is 0.414. The first-order valence-electron chi connectivity index (χ1n) is 12.7. The van der Waals surface area contributed by atoms with E-state index in [0.717, 1.165) is 23.8 Å². The molecule has 1 fully saturated rings. The topological polar surface area (TPSA) is 83.9 Å². The number of aliphatic hydroxyl groups is 1. The van der Waals surface area contributed by atoms with Crippen molar-refractivity contribution < 1.29 is 37.4 Å². The molecule has 1 amide bonds. The summed E-state index contributed by atoms with van der Waals surface area (Å²) in [5.74, 6) is -3.31. The van der Waals surface area contributed by atoms with Crippen molar-refractivity contribution in [3.05, 3.63) is 68.7 Å². The Bertz CT molecular complexity index is 1370. The molecule has 40 heavy (non-hydrogen) atoms. The number of esters is 1. The number of amides is 1. The van der Waals surface area contributed by atoms with E-state index in [-0.39, 0.29) is 59.5 Å². The predicted octanol–water partition coefficient (Wildman–Crippen LogP) is 6.54. The molecule has 1 spiro atoms. The van der Waals surface area contributed by atoms with E-state index in [1.807, 2.05) is 13.0 Å². The molecular weight excluding hydrogens is 570 g/mol. The smallest absolute Gasteiger partial charge is 0.467 e. The van der Waals surface area contributed by atoms with Crippen LogP contribution in [0.15, 0.2) is 42.0 Å². The molecule has 0 saturated heterocycles. The summed E-state index contributed by atoms with van der Waals surface area (Å²) in [6.07, 6.45) is -2.24. The van der Waals surface area contributed by atoms with Crippen molar-refractivity contribution in [3.63, 3.8) is 0 Å². The Kier molecular flexibility index (Phi) is 8.41. The van der Waals surface area contributed by atoms with E-state index >= 15 is 0 Å². The summed E-state index contributed by atoms with van der Waals surface area (Å²) < 4.78 is 47.0. The van der Waals surface area contributed by atoms with Crippen molar-refractivity contribution in [2.24, 2.45) is 5.92 Å². The zero-order chi connectivity index (χ0) is 29.5. The van der Waals surface area contributed by atoms with Crippen molar-refractivity contribution in [1.29, 1.82) is 0 Å². The highest BCUT2D eigenvalue weighted by Gasteiger charge is 2.59. The quantitative estimate of drug-likeness (QED) is 0.289. The minimum atomic E-state index is -5.28. The number of rotatable bonds is 7. The van der Waals surface area contributed by atoms with Gasteiger partial charge in [-0.3, -0.25) is 14.5 Å². The van der Waals surface area contributed by atoms with Crippen LogP contribution < -0.4 is 4.90 Å². The summed E-state index contributed by atoms with van der Waals surface area (Å²) in [6.45, 7) is 1.78. The molecule has 1 saturated carbocycles. The van der Waals surface area contributed by atoms with Gasteiger partial charge >= 0.3 is 18.1 Å². The molecule has 0 heterocycles. The number of hydrogen-bond donors (Lipinski definition) is 1. The van der Waals surface area contributed by atoms with Crippen LogP contribution in [0.4, 0.5) is 18.9 Å². The van der Waals surface area contributed by atoms with Crippen molar-refractivity contribution in [2.75, 3.05) is 18.6 Å². The highest BCUT2D eigenvalue weighted by atomic mass is 35.5. The Hall–Kier alpha value is -2.88. The number of anilines is 1. The van der Waals surface area contributed by atoms with E-state index in [0.29, 0.717) is 17.6 Å². The van der Waals surface area contributed by atoms with Crippen LogP contribution in [0.25, 0.3) is 6.08 Å². The predicted molar refractivity (Wildman–Crippen MR) is 146 cm³/mol. The van der Waals surface area contributed by atoms with Gasteiger partial charge in [0.2, 0.25) is 0 Å². The van der Waals surface area contributed by atoms with Crippen LogP contribution in [0.3, 0.4) is 0 Å². The molecule has 0 bridgehead atoms. The molecule has 1 atom stereocenters. The number of ether oxygens (including phenoxy) is 1. The molecule has 2 aromatic carbocycles. The number of alkyl halides is 3. The molecule has 214 valence electrons. The molecule has 0 unspecified atom stereocenters. The molecule has 0 aliphatic heterocycles. The zero-order valence-corrected chi connectivity index (χ0v) is 23.4. The summed E-state index contributed by atoms with van der Waals surface area (Å²) in [4.78, 5) is 38.5. The number of hydrogen-bond acceptors (Lipinski definition) is 5. The van der Waals surface area contributed by atoms with Gasteiger partial charge in [-0.1, -0.05) is 47.8 Å². The number of fused-ring (bicyclic) bond motifs is 2. The Morgan fingerprint density at radius 2 is 1.82 bits per heavy atom. The fourth-order valence-corrected chi connectivity index (χ4v) is 6.51. The second kappa shape index (κ2) is 11.2. The zero-order valence-electron chi connectivity index (χ0n) is 21.9. The average molecular weight is 598 g/mol. The molecule has 6 nitrogen and oxygen atoms in total. The Morgan fingerprint density at radius 1 is 1.15 bits per heavy atom. The summed E-state index contributed by atoms with van der Waals surface area (Å²) in [7, 11) is 1.07. The molecule has 4 rings (SSSR count). The lowest BCUT2D eigenvalue weighted by Gasteiger charge is -2.50. The number of aliphatic hydroxyl groups excluding tert-OH is 1. The minimum Gasteiger partial charge on any atom is -0.467 e. The molecule has 1 N–H and O–H groups in total. The van der Waals surface area contributed by atoms with Crippen molar-refractivity contribution in [2.45, 2.75) is 56.2 Å². The van der Waals surface area contributed by atoms with Crippen molar-refractivity contribution in [1.82, 2.24) is 0 Å². The van der Waals surface area contributed by atoms with Gasteiger partial charge in [0, 0.05) is 28.3 Å². The lowest BCUT2D eigenvalue weighted by Crippen LogP contribution is -2.63. The van der Waals surface area contributed by atoms with Gasteiger partial charge in [-0.2, -0.15) is 13.2 Å². The fourth-order valence-electron chi connectivity index (χ4n) is 6.11. The standard InChI is InChI=1S/C29H28Cl2F3NO5/c1-17(15-36)10-20-11-18-13-24(31)19(16-37)12-23(18)27(20)6-8-28(9-7-27,26(39)40-2)35(25(38)29(32,33)34)22-5-3-4-21(30)14-22/h3-5,11-14,16-17,36H,6-10,15H2,1-2H3/t17-,27?,28?/m1/s1. The van der Waals surface area contributed by atoms with Crippen LogP contribution in [0, 0.1) is 5.92 Å². The van der Waals surface area contributed by atoms with Gasteiger partial charge in [-0.15, -0.1) is 0 Å². The van der Waals surface area contributed by atoms with Gasteiger partial charge < -0.3 is 9.84 Å². The van der Waals surface area contributed by atoms with Gasteiger partial charge in [-0.25, -0.2) is 4.79 Å². The number of nitrogens with zero attached hydrogens (tertiary/aromatic N) is 1. The monoisotopic (exact) mass is 597 g/mol. The van der Waals surface area contributed by atoms with Crippen molar-refractivity contribution >= 4 is 53.1 Å². The Labute approximate surface area is 239 Å². The van der Waals surface area contributed by atoms with E-state index in [4.69, 9.17) is 27.9 Å². The molecule has 11 heteroatoms. The SMILES string of the molecule is COC(=O)C1(N(C(=O)C(F)(F)F)c2cccc(Cl)c2)CCC2(CC1)C(C[C@@H](C)CO)=Cc1cc(Cl)c(C=O)cc12. The van der Waals surface area contributed by atoms with E-state index < -0.39 is 29.0 Å². The third kappa shape index (κ3) is 5.15. The van der Waals surface area contributed by atoms with Gasteiger partial charge in [0.25, 0.3) is 0 Å². The number of carbonyl (C=O) groups excluding carboxylic acids is 3. The maximum absolute atomic E-state index is 14.0. The van der Waals surface area contributed by atoms with Crippen molar-refractivity contribution in [3.8, 4) is 0 Å². The number of methoxy groups -OCH3 is 1. The Balaban J connectivity index is 1.86. The average Bonchev–Trinajstić information content (AvgIpc) is 3.19. The molecule has 0 aromatic heterocycles. The first-order valence-corrected chi connectivity index (χ1v) is 13.4. The first-order chi connectivity index (χ1) is 18.8. The number of halogens is 5. The summed E-state index contributed by atoms with van der Waals surface area (Å²) in [6, 6.07) is 8.70. The number of benzene rings is 2. The van der Waals surface area contributed by atoms with Gasteiger partial charge in [-0.05, 0) is 79.5 Å². The highest BCUT2D eigenvalue weighted by molar-refractivity contribution is 6.33. The number of aldehydes is 1. The van der Waals surface area contributed by atoms with Crippen LogP contribution in [0.1, 0.15) is 60.5 Å². The molecular formula is C29H28Cl2F3NO5. The van der Waals surface area contributed by atoms with Crippen LogP contribution in [0.2, 0.25) is 10.0 Å². The molecule has 2 aliphatic rings. The lowest BCUT2D eigenvalue weighted by molar-refractivity contribution is -0.174. The van der Waals surface area contributed by atoms with Gasteiger partial charge in [0.05, 0.1) is 12.1 Å². The second-order valence-corrected chi connectivity index (χ2v) is 11.3. The van der Waals surface area contributed by atoms with Crippen LogP contribution in [-0.4, -0.2) is 48.7 Å². The number of allylic oxidation sites excluding steroid dienone is 1. The van der Waals surface area contributed by atoms with Crippen LogP contribution in [0.5, 0.6) is 0 Å². The minimum absolute atomic E-state index is 0.0845.